The molecule has 2 amide bonds. The van der Waals surface area contributed by atoms with E-state index in [1.807, 2.05) is 25.1 Å². The van der Waals surface area contributed by atoms with Crippen LogP contribution in [0.1, 0.15) is 24.1 Å². The van der Waals surface area contributed by atoms with Crippen molar-refractivity contribution in [2.75, 3.05) is 13.2 Å². The summed E-state index contributed by atoms with van der Waals surface area (Å²) in [6.45, 7) is 2.01. The molecule has 0 aromatic heterocycles. The van der Waals surface area contributed by atoms with Crippen molar-refractivity contribution >= 4 is 23.4 Å². The molecule has 0 aliphatic rings. The second kappa shape index (κ2) is 11.3. The van der Waals surface area contributed by atoms with Gasteiger partial charge in [0.1, 0.15) is 17.6 Å². The van der Waals surface area contributed by atoms with E-state index in [0.717, 1.165) is 0 Å². The largest absolute Gasteiger partial charge is 0.482 e. The normalized spacial score (nSPS) is 11.5. The number of hydrogen-bond acceptors (Lipinski definition) is 3. The number of likely N-dealkylation sites (N-methyl/N-ethyl adjacent to an activating group) is 1. The highest BCUT2D eigenvalue weighted by atomic mass is 35.5. The van der Waals surface area contributed by atoms with Crippen LogP contribution >= 0.6 is 11.6 Å². The van der Waals surface area contributed by atoms with Crippen molar-refractivity contribution in [3.63, 3.8) is 0 Å². The number of nitrogens with zero attached hydrogens (tertiary/aromatic N) is 1. The van der Waals surface area contributed by atoms with Crippen LogP contribution in [0.15, 0.2) is 78.9 Å². The Bertz CT molecular complexity index is 1040. The maximum absolute atomic E-state index is 13.4. The number of rotatable bonds is 9. The molecule has 0 saturated heterocycles. The van der Waals surface area contributed by atoms with Crippen LogP contribution in [0.3, 0.4) is 0 Å². The zero-order valence-corrected chi connectivity index (χ0v) is 18.4. The SMILES string of the molecule is CCNC(=O)C(c1ccccc1)N(Cc1ccc(F)cc1)C(=O)COc1ccccc1Cl. The van der Waals surface area contributed by atoms with Gasteiger partial charge in [0.25, 0.3) is 5.91 Å². The predicted molar refractivity (Wildman–Crippen MR) is 122 cm³/mol. The Morgan fingerprint density at radius 1 is 1.00 bits per heavy atom. The van der Waals surface area contributed by atoms with Gasteiger partial charge in [-0.3, -0.25) is 9.59 Å². The van der Waals surface area contributed by atoms with Crippen LogP contribution in [-0.2, 0) is 16.1 Å². The molecule has 7 heteroatoms. The first-order chi connectivity index (χ1) is 15.5. The first-order valence-corrected chi connectivity index (χ1v) is 10.6. The molecule has 0 radical (unpaired) electrons. The molecule has 0 fully saturated rings. The molecule has 32 heavy (non-hydrogen) atoms. The minimum absolute atomic E-state index is 0.0989. The average Bonchev–Trinajstić information content (AvgIpc) is 2.80. The summed E-state index contributed by atoms with van der Waals surface area (Å²) in [7, 11) is 0. The number of halogens is 2. The number of amides is 2. The number of carbonyl (C=O) groups excluding carboxylic acids is 2. The summed E-state index contributed by atoms with van der Waals surface area (Å²) in [6.07, 6.45) is 0. The van der Waals surface area contributed by atoms with Crippen LogP contribution < -0.4 is 10.1 Å². The van der Waals surface area contributed by atoms with Gasteiger partial charge in [-0.15, -0.1) is 0 Å². The Hall–Kier alpha value is -3.38. The van der Waals surface area contributed by atoms with Crippen molar-refractivity contribution in [2.24, 2.45) is 0 Å². The van der Waals surface area contributed by atoms with E-state index in [-0.39, 0.29) is 24.9 Å². The van der Waals surface area contributed by atoms with Gasteiger partial charge in [-0.1, -0.05) is 66.2 Å². The summed E-state index contributed by atoms with van der Waals surface area (Å²) in [6, 6.07) is 20.8. The van der Waals surface area contributed by atoms with Crippen molar-refractivity contribution < 1.29 is 18.7 Å². The number of nitrogens with one attached hydrogen (secondary N) is 1. The molecular weight excluding hydrogens is 431 g/mol. The standard InChI is InChI=1S/C25H24ClFN2O3/c1-2-28-25(31)24(19-8-4-3-5-9-19)29(16-18-12-14-20(27)15-13-18)23(30)17-32-22-11-7-6-10-21(22)26/h3-15,24H,2,16-17H2,1H3,(H,28,31). The molecule has 0 spiro atoms. The summed E-state index contributed by atoms with van der Waals surface area (Å²) in [5.41, 5.74) is 1.34. The molecule has 0 heterocycles. The van der Waals surface area contributed by atoms with Crippen molar-refractivity contribution in [2.45, 2.75) is 19.5 Å². The molecule has 1 atom stereocenters. The number of benzene rings is 3. The Morgan fingerprint density at radius 3 is 2.31 bits per heavy atom. The zero-order chi connectivity index (χ0) is 22.9. The third-order valence-electron chi connectivity index (χ3n) is 4.80. The number of ether oxygens (including phenoxy) is 1. The Balaban J connectivity index is 1.93. The van der Waals surface area contributed by atoms with E-state index in [1.165, 1.54) is 17.0 Å². The van der Waals surface area contributed by atoms with Gasteiger partial charge in [0, 0.05) is 13.1 Å². The molecule has 0 bridgehead atoms. The van der Waals surface area contributed by atoms with Crippen LogP contribution in [0.5, 0.6) is 5.75 Å². The molecule has 0 aliphatic carbocycles. The third-order valence-corrected chi connectivity index (χ3v) is 5.11. The van der Waals surface area contributed by atoms with E-state index in [9.17, 15) is 14.0 Å². The molecule has 0 saturated carbocycles. The highest BCUT2D eigenvalue weighted by molar-refractivity contribution is 6.32. The lowest BCUT2D eigenvalue weighted by atomic mass is 10.0. The van der Waals surface area contributed by atoms with Gasteiger partial charge in [-0.2, -0.15) is 0 Å². The van der Waals surface area contributed by atoms with Crippen LogP contribution in [0.25, 0.3) is 0 Å². The lowest BCUT2D eigenvalue weighted by Crippen LogP contribution is -2.45. The minimum atomic E-state index is -0.886. The fourth-order valence-corrected chi connectivity index (χ4v) is 3.46. The number of hydrogen-bond donors (Lipinski definition) is 1. The summed E-state index contributed by atoms with van der Waals surface area (Å²) < 4.78 is 19.1. The van der Waals surface area contributed by atoms with Crippen molar-refractivity contribution in [3.8, 4) is 5.75 Å². The predicted octanol–water partition coefficient (Wildman–Crippen LogP) is 4.76. The van der Waals surface area contributed by atoms with Crippen molar-refractivity contribution in [1.29, 1.82) is 0 Å². The Labute approximate surface area is 191 Å². The first kappa shape index (κ1) is 23.3. The van der Waals surface area contributed by atoms with E-state index in [1.54, 1.807) is 48.5 Å². The second-order valence-electron chi connectivity index (χ2n) is 7.08. The van der Waals surface area contributed by atoms with Crippen LogP contribution in [0, 0.1) is 5.82 Å². The van der Waals surface area contributed by atoms with E-state index >= 15 is 0 Å². The molecular formula is C25H24ClFN2O3. The van der Waals surface area contributed by atoms with E-state index in [4.69, 9.17) is 16.3 Å². The lowest BCUT2D eigenvalue weighted by Gasteiger charge is -2.31. The van der Waals surface area contributed by atoms with E-state index in [2.05, 4.69) is 5.32 Å². The summed E-state index contributed by atoms with van der Waals surface area (Å²) in [4.78, 5) is 27.8. The van der Waals surface area contributed by atoms with Crippen molar-refractivity contribution in [1.82, 2.24) is 10.2 Å². The Kier molecular flexibility index (Phi) is 8.22. The highest BCUT2D eigenvalue weighted by Gasteiger charge is 2.31. The maximum Gasteiger partial charge on any atom is 0.261 e. The van der Waals surface area contributed by atoms with Crippen molar-refractivity contribution in [3.05, 3.63) is 101 Å². The zero-order valence-electron chi connectivity index (χ0n) is 17.6. The monoisotopic (exact) mass is 454 g/mol. The smallest absolute Gasteiger partial charge is 0.261 e. The average molecular weight is 455 g/mol. The van der Waals surface area contributed by atoms with E-state index < -0.39 is 11.9 Å². The summed E-state index contributed by atoms with van der Waals surface area (Å²) >= 11 is 6.13. The highest BCUT2D eigenvalue weighted by Crippen LogP contribution is 2.26. The quantitative estimate of drug-likeness (QED) is 0.507. The van der Waals surface area contributed by atoms with Gasteiger partial charge < -0.3 is 15.0 Å². The molecule has 1 N–H and O–H groups in total. The second-order valence-corrected chi connectivity index (χ2v) is 7.48. The molecule has 5 nitrogen and oxygen atoms in total. The van der Waals surface area contributed by atoms with Gasteiger partial charge in [-0.25, -0.2) is 4.39 Å². The fourth-order valence-electron chi connectivity index (χ4n) is 3.27. The number of para-hydroxylation sites is 1. The Morgan fingerprint density at radius 2 is 1.66 bits per heavy atom. The fraction of sp³-hybridized carbons (Fsp3) is 0.200. The van der Waals surface area contributed by atoms with Gasteiger partial charge in [0.15, 0.2) is 6.61 Å². The molecule has 1 unspecified atom stereocenters. The lowest BCUT2D eigenvalue weighted by molar-refractivity contribution is -0.143. The molecule has 0 aliphatic heterocycles. The number of carbonyl (C=O) groups is 2. The summed E-state index contributed by atoms with van der Waals surface area (Å²) in [5, 5.41) is 3.19. The first-order valence-electron chi connectivity index (χ1n) is 10.2. The molecule has 3 aromatic rings. The molecule has 3 aromatic carbocycles. The van der Waals surface area contributed by atoms with E-state index in [0.29, 0.717) is 28.4 Å². The van der Waals surface area contributed by atoms with Crippen LogP contribution in [-0.4, -0.2) is 29.9 Å². The maximum atomic E-state index is 13.4. The van der Waals surface area contributed by atoms with Gasteiger partial charge in [0.2, 0.25) is 5.91 Å². The third kappa shape index (κ3) is 6.08. The van der Waals surface area contributed by atoms with Gasteiger partial charge in [0.05, 0.1) is 5.02 Å². The van der Waals surface area contributed by atoms with Crippen LogP contribution in [0.2, 0.25) is 5.02 Å². The minimum Gasteiger partial charge on any atom is -0.482 e. The van der Waals surface area contributed by atoms with Gasteiger partial charge >= 0.3 is 0 Å². The molecule has 3 rings (SSSR count). The van der Waals surface area contributed by atoms with Crippen LogP contribution in [0.4, 0.5) is 4.39 Å². The molecule has 166 valence electrons. The topological polar surface area (TPSA) is 58.6 Å². The van der Waals surface area contributed by atoms with Gasteiger partial charge in [-0.05, 0) is 42.3 Å². The summed E-state index contributed by atoms with van der Waals surface area (Å²) in [5.74, 6) is -0.725.